The summed E-state index contributed by atoms with van der Waals surface area (Å²) in [6.45, 7) is 11.8. The Bertz CT molecular complexity index is 861. The van der Waals surface area contributed by atoms with Crippen molar-refractivity contribution in [3.8, 4) is 5.75 Å². The van der Waals surface area contributed by atoms with Gasteiger partial charge in [0.1, 0.15) is 11.8 Å². The van der Waals surface area contributed by atoms with Crippen LogP contribution in [0.25, 0.3) is 0 Å². The fourth-order valence-electron chi connectivity index (χ4n) is 3.14. The number of benzene rings is 2. The van der Waals surface area contributed by atoms with E-state index in [1.807, 2.05) is 77.1 Å². The third-order valence-corrected chi connectivity index (χ3v) is 4.88. The zero-order chi connectivity index (χ0) is 21.6. The average Bonchev–Trinajstić information content (AvgIpc) is 2.65. The highest BCUT2D eigenvalue weighted by Gasteiger charge is 2.27. The topological polar surface area (TPSA) is 58.6 Å². The van der Waals surface area contributed by atoms with E-state index in [9.17, 15) is 9.59 Å². The number of nitrogens with zero attached hydrogens (tertiary/aromatic N) is 1. The molecule has 0 saturated heterocycles. The van der Waals surface area contributed by atoms with Crippen LogP contribution in [0.15, 0.2) is 42.5 Å². The van der Waals surface area contributed by atoms with Gasteiger partial charge in [0.05, 0.1) is 0 Å². The van der Waals surface area contributed by atoms with Gasteiger partial charge in [-0.1, -0.05) is 42.0 Å². The second kappa shape index (κ2) is 10.1. The van der Waals surface area contributed by atoms with E-state index in [-0.39, 0.29) is 24.5 Å². The molecule has 0 aliphatic heterocycles. The summed E-state index contributed by atoms with van der Waals surface area (Å²) >= 11 is 0. The summed E-state index contributed by atoms with van der Waals surface area (Å²) in [5.41, 5.74) is 4.21. The zero-order valence-corrected chi connectivity index (χ0v) is 18.3. The Balaban J connectivity index is 2.19. The molecule has 0 aromatic heterocycles. The predicted molar refractivity (Wildman–Crippen MR) is 116 cm³/mol. The van der Waals surface area contributed by atoms with Gasteiger partial charge in [0.2, 0.25) is 5.91 Å². The Labute approximate surface area is 174 Å². The molecule has 0 heterocycles. The number of carbonyl (C=O) groups is 2. The Hall–Kier alpha value is -2.82. The maximum Gasteiger partial charge on any atom is 0.261 e. The van der Waals surface area contributed by atoms with Crippen LogP contribution in [0.3, 0.4) is 0 Å². The molecular weight excluding hydrogens is 364 g/mol. The maximum absolute atomic E-state index is 13.1. The molecule has 0 fully saturated rings. The number of hydrogen-bond donors (Lipinski definition) is 1. The second-order valence-corrected chi connectivity index (χ2v) is 7.85. The molecule has 0 spiro atoms. The molecule has 29 heavy (non-hydrogen) atoms. The Kier molecular flexibility index (Phi) is 7.82. The van der Waals surface area contributed by atoms with Crippen LogP contribution in [-0.2, 0) is 16.1 Å². The molecule has 2 amide bonds. The summed E-state index contributed by atoms with van der Waals surface area (Å²) in [6, 6.07) is 13.1. The molecule has 1 atom stereocenters. The number of amides is 2. The van der Waals surface area contributed by atoms with Crippen molar-refractivity contribution in [3.63, 3.8) is 0 Å². The molecule has 1 N–H and O–H groups in total. The SMILES string of the molecule is Cc1ccc(OCC(=O)N(Cc2ccccc2C)[C@@H](C)C(=O)NC(C)C)c(C)c1. The first-order chi connectivity index (χ1) is 13.7. The molecule has 0 aliphatic rings. The van der Waals surface area contributed by atoms with Gasteiger partial charge in [0.25, 0.3) is 5.91 Å². The number of rotatable bonds is 8. The lowest BCUT2D eigenvalue weighted by molar-refractivity contribution is -0.142. The standard InChI is InChI=1S/C24H32N2O3/c1-16(2)25-24(28)20(6)26(14-21-10-8-7-9-18(21)4)23(27)15-29-22-12-11-17(3)13-19(22)5/h7-13,16,20H,14-15H2,1-6H3,(H,25,28)/t20-/m0/s1. The van der Waals surface area contributed by atoms with Gasteiger partial charge in [-0.25, -0.2) is 0 Å². The van der Waals surface area contributed by atoms with Gasteiger partial charge in [-0.2, -0.15) is 0 Å². The van der Waals surface area contributed by atoms with Crippen LogP contribution in [0.4, 0.5) is 0 Å². The fraction of sp³-hybridized carbons (Fsp3) is 0.417. The lowest BCUT2D eigenvalue weighted by atomic mass is 10.1. The molecule has 0 aliphatic carbocycles. The third kappa shape index (κ3) is 6.34. The van der Waals surface area contributed by atoms with Crippen LogP contribution in [0, 0.1) is 20.8 Å². The van der Waals surface area contributed by atoms with Crippen molar-refractivity contribution in [2.24, 2.45) is 0 Å². The van der Waals surface area contributed by atoms with Crippen molar-refractivity contribution in [2.45, 2.75) is 60.2 Å². The molecule has 5 nitrogen and oxygen atoms in total. The molecule has 5 heteroatoms. The molecule has 0 unspecified atom stereocenters. The van der Waals surface area contributed by atoms with Gasteiger partial charge in [-0.05, 0) is 64.3 Å². The lowest BCUT2D eigenvalue weighted by Crippen LogP contribution is -2.50. The lowest BCUT2D eigenvalue weighted by Gasteiger charge is -2.30. The highest BCUT2D eigenvalue weighted by Crippen LogP contribution is 2.19. The van der Waals surface area contributed by atoms with Crippen molar-refractivity contribution in [2.75, 3.05) is 6.61 Å². The molecule has 0 radical (unpaired) electrons. The zero-order valence-electron chi connectivity index (χ0n) is 18.3. The molecular formula is C24H32N2O3. The van der Waals surface area contributed by atoms with Gasteiger partial charge >= 0.3 is 0 Å². The minimum atomic E-state index is -0.604. The molecule has 0 bridgehead atoms. The highest BCUT2D eigenvalue weighted by molar-refractivity contribution is 5.88. The Morgan fingerprint density at radius 1 is 1.00 bits per heavy atom. The van der Waals surface area contributed by atoms with Crippen LogP contribution in [0.5, 0.6) is 5.75 Å². The number of hydrogen-bond acceptors (Lipinski definition) is 3. The summed E-state index contributed by atoms with van der Waals surface area (Å²) in [5.74, 6) is 0.284. The third-order valence-electron chi connectivity index (χ3n) is 4.88. The monoisotopic (exact) mass is 396 g/mol. The first-order valence-electron chi connectivity index (χ1n) is 10.0. The van der Waals surface area contributed by atoms with Gasteiger partial charge in [0.15, 0.2) is 6.61 Å². The van der Waals surface area contributed by atoms with E-state index in [0.29, 0.717) is 12.3 Å². The van der Waals surface area contributed by atoms with Gasteiger partial charge < -0.3 is 15.0 Å². The number of carbonyl (C=O) groups excluding carboxylic acids is 2. The molecule has 156 valence electrons. The minimum absolute atomic E-state index is 0.00632. The quantitative estimate of drug-likeness (QED) is 0.735. The normalized spacial score (nSPS) is 11.8. The van der Waals surface area contributed by atoms with Gasteiger partial charge in [0, 0.05) is 12.6 Å². The molecule has 2 rings (SSSR count). The summed E-state index contributed by atoms with van der Waals surface area (Å²) in [6.07, 6.45) is 0. The van der Waals surface area contributed by atoms with Crippen molar-refractivity contribution in [1.29, 1.82) is 0 Å². The van der Waals surface area contributed by atoms with Crippen LogP contribution in [-0.4, -0.2) is 35.4 Å². The highest BCUT2D eigenvalue weighted by atomic mass is 16.5. The Morgan fingerprint density at radius 3 is 2.31 bits per heavy atom. The van der Waals surface area contributed by atoms with E-state index in [1.165, 1.54) is 0 Å². The predicted octanol–water partition coefficient (Wildman–Crippen LogP) is 3.93. The minimum Gasteiger partial charge on any atom is -0.483 e. The molecule has 2 aromatic carbocycles. The van der Waals surface area contributed by atoms with Gasteiger partial charge in [-0.3, -0.25) is 9.59 Å². The number of nitrogens with one attached hydrogen (secondary N) is 1. The summed E-state index contributed by atoms with van der Waals surface area (Å²) in [7, 11) is 0. The summed E-state index contributed by atoms with van der Waals surface area (Å²) in [5, 5.41) is 2.89. The summed E-state index contributed by atoms with van der Waals surface area (Å²) in [4.78, 5) is 27.2. The average molecular weight is 397 g/mol. The smallest absolute Gasteiger partial charge is 0.261 e. The van der Waals surface area contributed by atoms with Crippen LogP contribution in [0.1, 0.15) is 43.0 Å². The van der Waals surface area contributed by atoms with Crippen LogP contribution >= 0.6 is 0 Å². The fourth-order valence-corrected chi connectivity index (χ4v) is 3.14. The molecule has 0 saturated carbocycles. The maximum atomic E-state index is 13.1. The van der Waals surface area contributed by atoms with Crippen molar-refractivity contribution in [1.82, 2.24) is 10.2 Å². The number of aryl methyl sites for hydroxylation is 3. The largest absolute Gasteiger partial charge is 0.483 e. The van der Waals surface area contributed by atoms with E-state index in [4.69, 9.17) is 4.74 Å². The van der Waals surface area contributed by atoms with Gasteiger partial charge in [-0.15, -0.1) is 0 Å². The number of ether oxygens (including phenoxy) is 1. The van der Waals surface area contributed by atoms with E-state index < -0.39 is 6.04 Å². The molecule has 2 aromatic rings. The van der Waals surface area contributed by atoms with Crippen LogP contribution < -0.4 is 10.1 Å². The van der Waals surface area contributed by atoms with Crippen molar-refractivity contribution < 1.29 is 14.3 Å². The Morgan fingerprint density at radius 2 is 1.69 bits per heavy atom. The first kappa shape index (κ1) is 22.5. The van der Waals surface area contributed by atoms with Crippen LogP contribution in [0.2, 0.25) is 0 Å². The second-order valence-electron chi connectivity index (χ2n) is 7.85. The van der Waals surface area contributed by atoms with E-state index >= 15 is 0 Å². The summed E-state index contributed by atoms with van der Waals surface area (Å²) < 4.78 is 5.79. The first-order valence-corrected chi connectivity index (χ1v) is 10.0. The van der Waals surface area contributed by atoms with Crippen molar-refractivity contribution in [3.05, 3.63) is 64.7 Å². The van der Waals surface area contributed by atoms with E-state index in [2.05, 4.69) is 5.32 Å². The van der Waals surface area contributed by atoms with E-state index in [1.54, 1.807) is 11.8 Å². The van der Waals surface area contributed by atoms with E-state index in [0.717, 1.165) is 22.3 Å². The van der Waals surface area contributed by atoms with Crippen molar-refractivity contribution >= 4 is 11.8 Å².